The van der Waals surface area contributed by atoms with Gasteiger partial charge in [-0.3, -0.25) is 4.90 Å². The lowest BCUT2D eigenvalue weighted by atomic mass is 9.88. The Morgan fingerprint density at radius 2 is 2.09 bits per heavy atom. The summed E-state index contributed by atoms with van der Waals surface area (Å²) in [7, 11) is 0. The number of amides is 1. The highest BCUT2D eigenvalue weighted by molar-refractivity contribution is 7.09. The largest absolute Gasteiger partial charge is 0.482 e. The molecule has 0 fully saturated rings. The summed E-state index contributed by atoms with van der Waals surface area (Å²) in [6.45, 7) is 1.58. The number of hydrogen-bond donors (Lipinski definition) is 1. The summed E-state index contributed by atoms with van der Waals surface area (Å²) < 4.78 is 24.9. The van der Waals surface area contributed by atoms with Crippen LogP contribution in [0.15, 0.2) is 41.8 Å². The van der Waals surface area contributed by atoms with E-state index in [1.54, 1.807) is 24.3 Å². The number of aliphatic carboxylic acids is 1. The monoisotopic (exact) mass is 490 g/mol. The van der Waals surface area contributed by atoms with E-state index < -0.39 is 24.7 Å². The molecule has 10 heteroatoms. The first-order valence-electron chi connectivity index (χ1n) is 10.1. The number of benzene rings is 2. The lowest BCUT2D eigenvalue weighted by Crippen LogP contribution is -2.41. The Hall–Kier alpha value is -3.17. The maximum Gasteiger partial charge on any atom is 0.410 e. The van der Waals surface area contributed by atoms with Gasteiger partial charge in [-0.15, -0.1) is 11.3 Å². The third-order valence-corrected chi connectivity index (χ3v) is 6.35. The van der Waals surface area contributed by atoms with Gasteiger partial charge in [0.05, 0.1) is 6.04 Å². The zero-order chi connectivity index (χ0) is 23.5. The fourth-order valence-electron chi connectivity index (χ4n) is 3.81. The molecule has 1 aromatic heterocycles. The topological polar surface area (TPSA) is 89.0 Å². The second kappa shape index (κ2) is 9.76. The Morgan fingerprint density at radius 3 is 2.82 bits per heavy atom. The van der Waals surface area contributed by atoms with Gasteiger partial charge in [-0.05, 0) is 54.8 Å². The van der Waals surface area contributed by atoms with Gasteiger partial charge in [0.15, 0.2) is 6.61 Å². The molecule has 1 N–H and O–H groups in total. The van der Waals surface area contributed by atoms with Gasteiger partial charge in [-0.25, -0.2) is 19.0 Å². The zero-order valence-corrected chi connectivity index (χ0v) is 19.2. The quantitative estimate of drug-likeness (QED) is 0.523. The molecule has 33 heavy (non-hydrogen) atoms. The number of halogens is 2. The molecule has 0 radical (unpaired) electrons. The molecule has 2 heterocycles. The molecule has 0 spiro atoms. The average Bonchev–Trinajstić information content (AvgIpc) is 3.20. The van der Waals surface area contributed by atoms with Crippen LogP contribution in [0.2, 0.25) is 5.02 Å². The minimum atomic E-state index is -1.14. The van der Waals surface area contributed by atoms with Crippen LogP contribution < -0.4 is 4.74 Å². The molecular formula is C23H20ClFN2O5S. The lowest BCUT2D eigenvalue weighted by molar-refractivity contribution is -0.139. The van der Waals surface area contributed by atoms with Crippen molar-refractivity contribution in [3.05, 3.63) is 80.0 Å². The maximum atomic E-state index is 13.9. The second-order valence-corrected chi connectivity index (χ2v) is 8.87. The van der Waals surface area contributed by atoms with Crippen LogP contribution >= 0.6 is 22.9 Å². The summed E-state index contributed by atoms with van der Waals surface area (Å²) >= 11 is 7.65. The highest BCUT2D eigenvalue weighted by atomic mass is 35.5. The SMILES string of the molecule is Cc1csc(COC(=O)N2CCc3cc(F)ccc3[C@H]2c2cc(Cl)ccc2OCC(=O)O)n1. The Bertz CT molecular complexity index is 1200. The number of rotatable bonds is 6. The van der Waals surface area contributed by atoms with Crippen LogP contribution in [0.5, 0.6) is 5.75 Å². The van der Waals surface area contributed by atoms with E-state index in [0.29, 0.717) is 27.6 Å². The fraction of sp³-hybridized carbons (Fsp3) is 0.261. The van der Waals surface area contributed by atoms with Crippen molar-refractivity contribution in [1.82, 2.24) is 9.88 Å². The normalized spacial score (nSPS) is 15.1. The van der Waals surface area contributed by atoms with Crippen molar-refractivity contribution in [1.29, 1.82) is 0 Å². The second-order valence-electron chi connectivity index (χ2n) is 7.49. The van der Waals surface area contributed by atoms with Gasteiger partial charge in [0.25, 0.3) is 0 Å². The first-order chi connectivity index (χ1) is 15.8. The van der Waals surface area contributed by atoms with Crippen LogP contribution in [0.25, 0.3) is 0 Å². The maximum absolute atomic E-state index is 13.9. The van der Waals surface area contributed by atoms with E-state index in [0.717, 1.165) is 11.3 Å². The van der Waals surface area contributed by atoms with Crippen molar-refractivity contribution in [3.63, 3.8) is 0 Å². The van der Waals surface area contributed by atoms with Gasteiger partial charge < -0.3 is 14.6 Å². The number of aromatic nitrogens is 1. The summed E-state index contributed by atoms with van der Waals surface area (Å²) in [6, 6.07) is 8.41. The van der Waals surface area contributed by atoms with Crippen LogP contribution in [0.1, 0.15) is 33.4 Å². The standard InChI is InChI=1S/C23H20ClFN2O5S/c1-13-12-33-20(26-13)10-32-23(30)27-7-6-14-8-16(25)3-4-17(14)22(27)18-9-15(24)2-5-19(18)31-11-21(28)29/h2-5,8-9,12,22H,6-7,10-11H2,1H3,(H,28,29)/t22-/m0/s1. The number of fused-ring (bicyclic) bond motifs is 1. The van der Waals surface area contributed by atoms with E-state index in [1.807, 2.05) is 12.3 Å². The van der Waals surface area contributed by atoms with Crippen molar-refractivity contribution in [2.24, 2.45) is 0 Å². The number of carbonyl (C=O) groups excluding carboxylic acids is 1. The predicted octanol–water partition coefficient (Wildman–Crippen LogP) is 4.99. The summed E-state index contributed by atoms with van der Waals surface area (Å²) in [5, 5.41) is 12.0. The first kappa shape index (κ1) is 23.0. The summed E-state index contributed by atoms with van der Waals surface area (Å²) in [5.41, 5.74) is 2.76. The fourth-order valence-corrected chi connectivity index (χ4v) is 4.67. The van der Waals surface area contributed by atoms with Crippen LogP contribution in [-0.2, 0) is 22.6 Å². The number of carboxylic acid groups (broad SMARTS) is 1. The van der Waals surface area contributed by atoms with Gasteiger partial charge in [-0.1, -0.05) is 17.7 Å². The Balaban J connectivity index is 1.71. The van der Waals surface area contributed by atoms with Crippen molar-refractivity contribution < 1.29 is 28.6 Å². The van der Waals surface area contributed by atoms with Crippen LogP contribution in [0.4, 0.5) is 9.18 Å². The molecule has 172 valence electrons. The molecule has 2 aromatic carbocycles. The van der Waals surface area contributed by atoms with Crippen molar-refractivity contribution >= 4 is 35.0 Å². The smallest absolute Gasteiger partial charge is 0.410 e. The van der Waals surface area contributed by atoms with Crippen LogP contribution in [0.3, 0.4) is 0 Å². The molecule has 0 bridgehead atoms. The van der Waals surface area contributed by atoms with Crippen LogP contribution in [-0.4, -0.2) is 40.2 Å². The Labute approximate surface area is 198 Å². The molecule has 7 nitrogen and oxygen atoms in total. The zero-order valence-electron chi connectivity index (χ0n) is 17.6. The Morgan fingerprint density at radius 1 is 1.27 bits per heavy atom. The van der Waals surface area contributed by atoms with Crippen molar-refractivity contribution in [2.75, 3.05) is 13.2 Å². The predicted molar refractivity (Wildman–Crippen MR) is 120 cm³/mol. The van der Waals surface area contributed by atoms with Crippen molar-refractivity contribution in [2.45, 2.75) is 26.0 Å². The molecular weight excluding hydrogens is 471 g/mol. The highest BCUT2D eigenvalue weighted by Gasteiger charge is 2.35. The number of carboxylic acids is 1. The molecule has 0 saturated heterocycles. The summed E-state index contributed by atoms with van der Waals surface area (Å²) in [5.74, 6) is -1.26. The highest BCUT2D eigenvalue weighted by Crippen LogP contribution is 2.41. The van der Waals surface area contributed by atoms with Crippen molar-refractivity contribution in [3.8, 4) is 5.75 Å². The molecule has 0 aliphatic carbocycles. The number of hydrogen-bond acceptors (Lipinski definition) is 6. The average molecular weight is 491 g/mol. The van der Waals surface area contributed by atoms with E-state index in [4.69, 9.17) is 26.2 Å². The number of thiazole rings is 1. The van der Waals surface area contributed by atoms with E-state index in [1.165, 1.54) is 28.4 Å². The summed E-state index contributed by atoms with van der Waals surface area (Å²) in [4.78, 5) is 30.0. The van der Waals surface area contributed by atoms with Gasteiger partial charge in [0.1, 0.15) is 23.2 Å². The molecule has 1 amide bonds. The minimum absolute atomic E-state index is 0.0226. The molecule has 0 unspecified atom stereocenters. The van der Waals surface area contributed by atoms with E-state index >= 15 is 0 Å². The molecule has 1 aliphatic rings. The number of nitrogens with zero attached hydrogens (tertiary/aromatic N) is 2. The molecule has 4 rings (SSSR count). The first-order valence-corrected chi connectivity index (χ1v) is 11.3. The lowest BCUT2D eigenvalue weighted by Gasteiger charge is -2.37. The van der Waals surface area contributed by atoms with Gasteiger partial charge in [0, 0.05) is 28.2 Å². The van der Waals surface area contributed by atoms with E-state index in [-0.39, 0.29) is 24.7 Å². The van der Waals surface area contributed by atoms with Gasteiger partial charge >= 0.3 is 12.1 Å². The minimum Gasteiger partial charge on any atom is -0.482 e. The number of ether oxygens (including phenoxy) is 2. The molecule has 3 aromatic rings. The molecule has 0 saturated carbocycles. The van der Waals surface area contributed by atoms with E-state index in [9.17, 15) is 14.0 Å². The van der Waals surface area contributed by atoms with Crippen LogP contribution in [0, 0.1) is 12.7 Å². The van der Waals surface area contributed by atoms with Gasteiger partial charge in [0.2, 0.25) is 0 Å². The molecule has 1 aliphatic heterocycles. The van der Waals surface area contributed by atoms with Gasteiger partial charge in [-0.2, -0.15) is 0 Å². The Kier molecular flexibility index (Phi) is 6.80. The molecule has 1 atom stereocenters. The van der Waals surface area contributed by atoms with E-state index in [2.05, 4.69) is 4.98 Å². The number of carbonyl (C=O) groups is 2. The third kappa shape index (κ3) is 5.26. The summed E-state index contributed by atoms with van der Waals surface area (Å²) in [6.07, 6.45) is -0.145. The number of aryl methyl sites for hydroxylation is 1. The third-order valence-electron chi connectivity index (χ3n) is 5.17.